The highest BCUT2D eigenvalue weighted by molar-refractivity contribution is 6.10. The second-order valence-corrected chi connectivity index (χ2v) is 5.33. The number of hydrogen-bond donors (Lipinski definition) is 1. The maximum atomic E-state index is 12.1. The zero-order valence-electron chi connectivity index (χ0n) is 14.9. The molecule has 0 saturated heterocycles. The van der Waals surface area contributed by atoms with Crippen LogP contribution < -0.4 is 5.32 Å². The van der Waals surface area contributed by atoms with Crippen molar-refractivity contribution in [2.24, 2.45) is 0 Å². The number of anilines is 1. The smallest absolute Gasteiger partial charge is 0.344 e. The summed E-state index contributed by atoms with van der Waals surface area (Å²) in [5.74, 6) is -2.35. The van der Waals surface area contributed by atoms with Gasteiger partial charge in [-0.1, -0.05) is 13.3 Å². The molecule has 1 aromatic heterocycles. The quantitative estimate of drug-likeness (QED) is 0.536. The first-order valence-corrected chi connectivity index (χ1v) is 8.08. The van der Waals surface area contributed by atoms with Crippen molar-refractivity contribution in [3.05, 3.63) is 16.9 Å². The van der Waals surface area contributed by atoms with E-state index in [9.17, 15) is 19.2 Å². The summed E-state index contributed by atoms with van der Waals surface area (Å²) >= 11 is 0. The predicted octanol–water partition coefficient (Wildman–Crippen LogP) is 2.64. The van der Waals surface area contributed by atoms with E-state index < -0.39 is 30.2 Å². The molecular weight excluding hydrogens is 330 g/mol. The van der Waals surface area contributed by atoms with Crippen LogP contribution in [0.4, 0.5) is 5.88 Å². The zero-order valence-corrected chi connectivity index (χ0v) is 14.9. The summed E-state index contributed by atoms with van der Waals surface area (Å²) in [4.78, 5) is 47.2. The summed E-state index contributed by atoms with van der Waals surface area (Å²) in [5, 5.41) is 2.34. The van der Waals surface area contributed by atoms with E-state index in [1.165, 1.54) is 13.8 Å². The van der Waals surface area contributed by atoms with Crippen molar-refractivity contribution in [1.82, 2.24) is 0 Å². The maximum absolute atomic E-state index is 12.1. The number of hydrogen-bond acceptors (Lipinski definition) is 7. The van der Waals surface area contributed by atoms with Crippen LogP contribution in [-0.2, 0) is 19.1 Å². The maximum Gasteiger partial charge on any atom is 0.344 e. The molecule has 1 amide bonds. The molecule has 1 heterocycles. The topological polar surface area (TPSA) is 112 Å². The molecule has 0 aliphatic heterocycles. The fourth-order valence-corrected chi connectivity index (χ4v) is 2.16. The van der Waals surface area contributed by atoms with Crippen LogP contribution in [-0.4, -0.2) is 36.8 Å². The van der Waals surface area contributed by atoms with Crippen LogP contribution in [0, 0.1) is 6.92 Å². The molecule has 25 heavy (non-hydrogen) atoms. The molecule has 0 aliphatic carbocycles. The van der Waals surface area contributed by atoms with Crippen LogP contribution in [0.1, 0.15) is 66.5 Å². The molecular formula is C17H23NO7. The number of aryl methyl sites for hydroxylation is 1. The van der Waals surface area contributed by atoms with E-state index in [0.29, 0.717) is 6.42 Å². The first-order chi connectivity index (χ1) is 11.8. The lowest BCUT2D eigenvalue weighted by Crippen LogP contribution is -2.22. The van der Waals surface area contributed by atoms with Gasteiger partial charge in [-0.3, -0.25) is 19.7 Å². The van der Waals surface area contributed by atoms with Crippen LogP contribution >= 0.6 is 0 Å². The summed E-state index contributed by atoms with van der Waals surface area (Å²) in [6.45, 7) is 5.92. The Kier molecular flexibility index (Phi) is 7.84. The van der Waals surface area contributed by atoms with Gasteiger partial charge in [-0.2, -0.15) is 0 Å². The molecule has 0 bridgehead atoms. The number of amides is 1. The summed E-state index contributed by atoms with van der Waals surface area (Å²) in [6.07, 6.45) is 1.74. The Labute approximate surface area is 145 Å². The molecule has 0 radical (unpaired) electrons. The number of carbonyl (C=O) groups excluding carboxylic acids is 4. The average Bonchev–Trinajstić information content (AvgIpc) is 2.87. The largest absolute Gasteiger partial charge is 0.462 e. The zero-order chi connectivity index (χ0) is 19.0. The Bertz CT molecular complexity index is 660. The van der Waals surface area contributed by atoms with Crippen molar-refractivity contribution in [2.75, 3.05) is 18.5 Å². The highest BCUT2D eigenvalue weighted by Crippen LogP contribution is 2.28. The molecule has 0 fully saturated rings. The predicted molar refractivity (Wildman–Crippen MR) is 88.5 cm³/mol. The lowest BCUT2D eigenvalue weighted by atomic mass is 10.1. The van der Waals surface area contributed by atoms with E-state index >= 15 is 0 Å². The normalized spacial score (nSPS) is 10.2. The molecule has 0 aromatic carbocycles. The Balaban J connectivity index is 2.88. The minimum Gasteiger partial charge on any atom is -0.462 e. The highest BCUT2D eigenvalue weighted by atomic mass is 16.5. The van der Waals surface area contributed by atoms with Crippen LogP contribution in [0.2, 0.25) is 0 Å². The van der Waals surface area contributed by atoms with E-state index in [4.69, 9.17) is 13.9 Å². The Morgan fingerprint density at radius 3 is 2.32 bits per heavy atom. The Morgan fingerprint density at radius 1 is 1.08 bits per heavy atom. The molecule has 0 unspecified atom stereocenters. The third kappa shape index (κ3) is 5.74. The summed E-state index contributed by atoms with van der Waals surface area (Å²) in [7, 11) is 0. The first-order valence-electron chi connectivity index (χ1n) is 8.08. The van der Waals surface area contributed by atoms with E-state index in [1.54, 1.807) is 6.92 Å². The van der Waals surface area contributed by atoms with E-state index in [2.05, 4.69) is 5.32 Å². The molecule has 138 valence electrons. The van der Waals surface area contributed by atoms with Gasteiger partial charge in [0.1, 0.15) is 11.3 Å². The van der Waals surface area contributed by atoms with Crippen LogP contribution in [0.15, 0.2) is 4.42 Å². The molecule has 0 saturated carbocycles. The number of nitrogens with one attached hydrogen (secondary N) is 1. The van der Waals surface area contributed by atoms with Gasteiger partial charge in [0.2, 0.25) is 5.88 Å². The number of furan rings is 1. The van der Waals surface area contributed by atoms with Gasteiger partial charge in [-0.05, 0) is 27.2 Å². The summed E-state index contributed by atoms with van der Waals surface area (Å²) in [6, 6.07) is 0. The van der Waals surface area contributed by atoms with Gasteiger partial charge in [0.15, 0.2) is 12.4 Å². The van der Waals surface area contributed by atoms with E-state index in [1.807, 2.05) is 6.92 Å². The minimum absolute atomic E-state index is 0.0497. The van der Waals surface area contributed by atoms with Gasteiger partial charge in [0.05, 0.1) is 12.2 Å². The lowest BCUT2D eigenvalue weighted by Gasteiger charge is -2.07. The van der Waals surface area contributed by atoms with E-state index in [0.717, 1.165) is 6.42 Å². The number of carbonyl (C=O) groups is 4. The van der Waals surface area contributed by atoms with Crippen molar-refractivity contribution < 1.29 is 33.1 Å². The van der Waals surface area contributed by atoms with Gasteiger partial charge in [-0.25, -0.2) is 4.79 Å². The molecule has 8 heteroatoms. The molecule has 8 nitrogen and oxygen atoms in total. The van der Waals surface area contributed by atoms with Gasteiger partial charge in [-0.15, -0.1) is 0 Å². The fourth-order valence-electron chi connectivity index (χ4n) is 2.16. The minimum atomic E-state index is -0.778. The summed E-state index contributed by atoms with van der Waals surface area (Å²) in [5.41, 5.74) is -0.0915. The van der Waals surface area contributed by atoms with Crippen LogP contribution in [0.3, 0.4) is 0 Å². The van der Waals surface area contributed by atoms with Gasteiger partial charge >= 0.3 is 11.9 Å². The number of Topliss-reactive ketones (excluding diaryl/α,β-unsaturated/α-hetero) is 1. The lowest BCUT2D eigenvalue weighted by molar-refractivity contribution is -0.147. The molecule has 1 N–H and O–H groups in total. The Morgan fingerprint density at radius 2 is 1.76 bits per heavy atom. The fraction of sp³-hybridized carbons (Fsp3) is 0.529. The van der Waals surface area contributed by atoms with Crippen molar-refractivity contribution in [2.45, 2.75) is 47.0 Å². The number of rotatable bonds is 9. The van der Waals surface area contributed by atoms with Crippen LogP contribution in [0.25, 0.3) is 0 Å². The SMILES string of the molecule is CCCCC(=O)OCC(=O)Nc1oc(C)c(C(C)=O)c1C(=O)OCC. The first kappa shape index (κ1) is 20.4. The summed E-state index contributed by atoms with van der Waals surface area (Å²) < 4.78 is 15.1. The van der Waals surface area contributed by atoms with Crippen molar-refractivity contribution in [3.63, 3.8) is 0 Å². The van der Waals surface area contributed by atoms with Gasteiger partial charge in [0, 0.05) is 6.42 Å². The van der Waals surface area contributed by atoms with Crippen molar-refractivity contribution in [3.8, 4) is 0 Å². The molecule has 1 aromatic rings. The van der Waals surface area contributed by atoms with Gasteiger partial charge in [0.25, 0.3) is 5.91 Å². The van der Waals surface area contributed by atoms with Crippen molar-refractivity contribution in [1.29, 1.82) is 0 Å². The highest BCUT2D eigenvalue weighted by Gasteiger charge is 2.28. The second-order valence-electron chi connectivity index (χ2n) is 5.33. The van der Waals surface area contributed by atoms with Crippen LogP contribution in [0.5, 0.6) is 0 Å². The standard InChI is InChI=1S/C17H23NO7/c1-5-7-8-13(21)24-9-12(20)18-16-15(17(22)23-6-2)14(10(3)19)11(4)25-16/h5-9H2,1-4H3,(H,18,20). The third-order valence-electron chi connectivity index (χ3n) is 3.27. The molecule has 0 spiro atoms. The third-order valence-corrected chi connectivity index (χ3v) is 3.27. The Hall–Kier alpha value is -2.64. The number of ether oxygens (including phenoxy) is 2. The number of ketones is 1. The molecule has 1 rings (SSSR count). The number of unbranched alkanes of at least 4 members (excludes halogenated alkanes) is 1. The van der Waals surface area contributed by atoms with E-state index in [-0.39, 0.29) is 35.8 Å². The van der Waals surface area contributed by atoms with Gasteiger partial charge < -0.3 is 13.9 Å². The second kappa shape index (κ2) is 9.61. The van der Waals surface area contributed by atoms with Crippen molar-refractivity contribution >= 4 is 29.5 Å². The molecule has 0 aliphatic rings. The number of esters is 2. The molecule has 0 atom stereocenters. The monoisotopic (exact) mass is 353 g/mol. The average molecular weight is 353 g/mol.